The Kier molecular flexibility index (Phi) is 6.68. The van der Waals surface area contributed by atoms with E-state index >= 15 is 0 Å². The first kappa shape index (κ1) is 19.1. The van der Waals surface area contributed by atoms with Gasteiger partial charge in [0.1, 0.15) is 5.75 Å². The Morgan fingerprint density at radius 3 is 2.48 bits per heavy atom. The number of nitrogens with two attached hydrogens (primary N) is 1. The molecule has 0 aliphatic heterocycles. The highest BCUT2D eigenvalue weighted by atomic mass is 16.3. The lowest BCUT2D eigenvalue weighted by atomic mass is 9.97. The van der Waals surface area contributed by atoms with Crippen molar-refractivity contribution >= 4 is 5.91 Å². The number of phenolic OH excluding ortho intramolecular Hbond substituents is 1. The van der Waals surface area contributed by atoms with Crippen molar-refractivity contribution in [3.05, 3.63) is 41.2 Å². The third-order valence-corrected chi connectivity index (χ3v) is 4.76. The lowest BCUT2D eigenvalue weighted by molar-refractivity contribution is 0.1000. The molecule has 0 radical (unpaired) electrons. The van der Waals surface area contributed by atoms with Crippen LogP contribution in [0.25, 0.3) is 11.1 Å². The molecule has 0 saturated heterocycles. The van der Waals surface area contributed by atoms with Crippen LogP contribution in [0.2, 0.25) is 0 Å². The summed E-state index contributed by atoms with van der Waals surface area (Å²) in [5.41, 5.74) is 10.2. The van der Waals surface area contributed by atoms with Gasteiger partial charge in [-0.2, -0.15) is 0 Å². The van der Waals surface area contributed by atoms with Crippen LogP contribution in [0.1, 0.15) is 67.7 Å². The standard InChI is InChI=1S/C21H30N2O2/c1-4-6-8-12-18-20(16-10-9-11-17(24)14-16)19(21(22)25)15(3)23(18)13-7-5-2/h9-11,14,24H,4-8,12-13H2,1-3H3,(H2,22,25). The predicted octanol–water partition coefficient (Wildman–Crippen LogP) is 4.80. The summed E-state index contributed by atoms with van der Waals surface area (Å²) in [6.45, 7) is 7.22. The SMILES string of the molecule is CCCCCc1c(-c2cccc(O)c2)c(C(N)=O)c(C)n1CCCC. The molecule has 0 spiro atoms. The van der Waals surface area contributed by atoms with E-state index in [0.29, 0.717) is 5.56 Å². The number of phenols is 1. The van der Waals surface area contributed by atoms with Gasteiger partial charge in [-0.25, -0.2) is 0 Å². The number of aromatic nitrogens is 1. The number of carbonyl (C=O) groups is 1. The largest absolute Gasteiger partial charge is 0.508 e. The van der Waals surface area contributed by atoms with Crippen LogP contribution in [0.4, 0.5) is 0 Å². The topological polar surface area (TPSA) is 68.2 Å². The molecule has 2 aromatic rings. The highest BCUT2D eigenvalue weighted by molar-refractivity contribution is 6.02. The summed E-state index contributed by atoms with van der Waals surface area (Å²) < 4.78 is 2.26. The summed E-state index contributed by atoms with van der Waals surface area (Å²) >= 11 is 0. The van der Waals surface area contributed by atoms with E-state index in [1.807, 2.05) is 19.1 Å². The second-order valence-corrected chi connectivity index (χ2v) is 6.66. The van der Waals surface area contributed by atoms with Crippen LogP contribution < -0.4 is 5.73 Å². The van der Waals surface area contributed by atoms with Crippen LogP contribution in [0.3, 0.4) is 0 Å². The molecule has 4 heteroatoms. The van der Waals surface area contributed by atoms with E-state index in [0.717, 1.165) is 61.9 Å². The van der Waals surface area contributed by atoms with E-state index in [4.69, 9.17) is 5.73 Å². The minimum Gasteiger partial charge on any atom is -0.508 e. The molecule has 1 amide bonds. The lowest BCUT2D eigenvalue weighted by Crippen LogP contribution is -2.13. The molecule has 0 atom stereocenters. The van der Waals surface area contributed by atoms with Crippen molar-refractivity contribution in [1.82, 2.24) is 4.57 Å². The zero-order valence-corrected chi connectivity index (χ0v) is 15.6. The summed E-state index contributed by atoms with van der Waals surface area (Å²) in [6.07, 6.45) is 6.46. The number of benzene rings is 1. The van der Waals surface area contributed by atoms with Crippen molar-refractivity contribution in [3.8, 4) is 16.9 Å². The molecule has 2 rings (SSSR count). The summed E-state index contributed by atoms with van der Waals surface area (Å²) in [5, 5.41) is 9.90. The summed E-state index contributed by atoms with van der Waals surface area (Å²) in [7, 11) is 0. The first-order valence-corrected chi connectivity index (χ1v) is 9.32. The zero-order valence-electron chi connectivity index (χ0n) is 15.6. The van der Waals surface area contributed by atoms with Crippen molar-refractivity contribution in [2.24, 2.45) is 5.73 Å². The minimum absolute atomic E-state index is 0.200. The van der Waals surface area contributed by atoms with E-state index in [1.165, 1.54) is 5.69 Å². The van der Waals surface area contributed by atoms with Crippen LogP contribution in [0.5, 0.6) is 5.75 Å². The predicted molar refractivity (Wildman–Crippen MR) is 103 cm³/mol. The fourth-order valence-corrected chi connectivity index (χ4v) is 3.49. The zero-order chi connectivity index (χ0) is 18.4. The molecule has 0 aliphatic rings. The average molecular weight is 342 g/mol. The number of hydrogen-bond acceptors (Lipinski definition) is 2. The summed E-state index contributed by atoms with van der Waals surface area (Å²) in [5.74, 6) is -0.200. The molecule has 0 fully saturated rings. The van der Waals surface area contributed by atoms with Gasteiger partial charge in [0.15, 0.2) is 0 Å². The molecule has 3 N–H and O–H groups in total. The fraction of sp³-hybridized carbons (Fsp3) is 0.476. The minimum atomic E-state index is -0.400. The smallest absolute Gasteiger partial charge is 0.251 e. The van der Waals surface area contributed by atoms with Crippen molar-refractivity contribution in [2.75, 3.05) is 0 Å². The summed E-state index contributed by atoms with van der Waals surface area (Å²) in [4.78, 5) is 12.2. The van der Waals surface area contributed by atoms with E-state index in [2.05, 4.69) is 18.4 Å². The van der Waals surface area contributed by atoms with Gasteiger partial charge < -0.3 is 15.4 Å². The van der Waals surface area contributed by atoms with Gasteiger partial charge in [-0.15, -0.1) is 0 Å². The maximum absolute atomic E-state index is 12.2. The molecule has 1 aromatic carbocycles. The average Bonchev–Trinajstić information content (AvgIpc) is 2.85. The Labute approximate surface area is 150 Å². The highest BCUT2D eigenvalue weighted by Crippen LogP contribution is 2.35. The molecular formula is C21H30N2O2. The van der Waals surface area contributed by atoms with Crippen LogP contribution in [-0.2, 0) is 13.0 Å². The van der Waals surface area contributed by atoms with Gasteiger partial charge in [-0.1, -0.05) is 45.2 Å². The Morgan fingerprint density at radius 2 is 1.88 bits per heavy atom. The van der Waals surface area contributed by atoms with Gasteiger partial charge >= 0.3 is 0 Å². The van der Waals surface area contributed by atoms with Crippen LogP contribution in [0, 0.1) is 6.92 Å². The monoisotopic (exact) mass is 342 g/mol. The number of rotatable bonds is 9. The number of nitrogens with zero attached hydrogens (tertiary/aromatic N) is 1. The molecule has 0 bridgehead atoms. The number of primary amides is 1. The lowest BCUT2D eigenvalue weighted by Gasteiger charge is -2.13. The molecule has 0 aliphatic carbocycles. The Balaban J connectivity index is 2.65. The normalized spacial score (nSPS) is 11.0. The number of amides is 1. The number of carbonyl (C=O) groups excluding carboxylic acids is 1. The van der Waals surface area contributed by atoms with Gasteiger partial charge in [0.25, 0.3) is 5.91 Å². The van der Waals surface area contributed by atoms with Crippen LogP contribution in [0.15, 0.2) is 24.3 Å². The van der Waals surface area contributed by atoms with E-state index < -0.39 is 5.91 Å². The van der Waals surface area contributed by atoms with Gasteiger partial charge in [0, 0.05) is 23.5 Å². The number of unbranched alkanes of at least 4 members (excludes halogenated alkanes) is 3. The molecule has 1 aromatic heterocycles. The van der Waals surface area contributed by atoms with Crippen LogP contribution >= 0.6 is 0 Å². The quantitative estimate of drug-likeness (QED) is 0.643. The van der Waals surface area contributed by atoms with Crippen molar-refractivity contribution in [2.45, 2.75) is 65.8 Å². The third kappa shape index (κ3) is 4.25. The molecule has 0 unspecified atom stereocenters. The third-order valence-electron chi connectivity index (χ3n) is 4.76. The van der Waals surface area contributed by atoms with Gasteiger partial charge in [0.05, 0.1) is 5.56 Å². The van der Waals surface area contributed by atoms with Gasteiger partial charge in [0.2, 0.25) is 0 Å². The van der Waals surface area contributed by atoms with Crippen LogP contribution in [-0.4, -0.2) is 15.6 Å². The van der Waals surface area contributed by atoms with E-state index in [-0.39, 0.29) is 5.75 Å². The Bertz CT molecular complexity index is 732. The van der Waals surface area contributed by atoms with Crippen molar-refractivity contribution in [1.29, 1.82) is 0 Å². The molecule has 25 heavy (non-hydrogen) atoms. The van der Waals surface area contributed by atoms with Gasteiger partial charge in [-0.3, -0.25) is 4.79 Å². The first-order chi connectivity index (χ1) is 12.0. The first-order valence-electron chi connectivity index (χ1n) is 9.32. The second-order valence-electron chi connectivity index (χ2n) is 6.66. The van der Waals surface area contributed by atoms with Crippen molar-refractivity contribution < 1.29 is 9.90 Å². The Hall–Kier alpha value is -2.23. The number of aromatic hydroxyl groups is 1. The maximum atomic E-state index is 12.2. The van der Waals surface area contributed by atoms with E-state index in [1.54, 1.807) is 12.1 Å². The van der Waals surface area contributed by atoms with Gasteiger partial charge in [-0.05, 0) is 43.9 Å². The van der Waals surface area contributed by atoms with E-state index in [9.17, 15) is 9.90 Å². The molecule has 4 nitrogen and oxygen atoms in total. The molecule has 0 saturated carbocycles. The second kappa shape index (κ2) is 8.75. The maximum Gasteiger partial charge on any atom is 0.251 e. The fourth-order valence-electron chi connectivity index (χ4n) is 3.49. The van der Waals surface area contributed by atoms with Crippen molar-refractivity contribution in [3.63, 3.8) is 0 Å². The molecule has 136 valence electrons. The highest BCUT2D eigenvalue weighted by Gasteiger charge is 2.24. The molecule has 1 heterocycles. The summed E-state index contributed by atoms with van der Waals surface area (Å²) in [6, 6.07) is 7.11. The number of hydrogen-bond donors (Lipinski definition) is 2. The molecular weight excluding hydrogens is 312 g/mol. The Morgan fingerprint density at radius 1 is 1.16 bits per heavy atom.